The minimum absolute atomic E-state index is 0.0700. The highest BCUT2D eigenvalue weighted by Crippen LogP contribution is 2.32. The lowest BCUT2D eigenvalue weighted by atomic mass is 10.3. The number of likely N-dealkylation sites (N-methyl/N-ethyl adjacent to an activating group) is 1. The van der Waals surface area contributed by atoms with Crippen molar-refractivity contribution in [3.63, 3.8) is 0 Å². The quantitative estimate of drug-likeness (QED) is 0.712. The Labute approximate surface area is 156 Å². The van der Waals surface area contributed by atoms with Crippen LogP contribution in [0.15, 0.2) is 24.3 Å². The van der Waals surface area contributed by atoms with Crippen LogP contribution in [0.4, 0.5) is 13.9 Å². The fourth-order valence-electron chi connectivity index (χ4n) is 2.24. The molecular weight excluding hydrogens is 388 g/mol. The molecule has 2 heterocycles. The Morgan fingerprint density at radius 1 is 1.28 bits per heavy atom. The van der Waals surface area contributed by atoms with E-state index in [1.54, 1.807) is 12.1 Å². The Morgan fingerprint density at radius 2 is 2.04 bits per heavy atom. The largest absolute Gasteiger partial charge is 0.338 e. The third kappa shape index (κ3) is 3.98. The topological polar surface area (TPSA) is 37.6 Å². The van der Waals surface area contributed by atoms with Crippen molar-refractivity contribution >= 4 is 55.5 Å². The first-order chi connectivity index (χ1) is 11.8. The van der Waals surface area contributed by atoms with Gasteiger partial charge in [0.2, 0.25) is 0 Å². The molecule has 1 N–H and O–H groups in total. The van der Waals surface area contributed by atoms with Crippen molar-refractivity contribution in [2.24, 2.45) is 0 Å². The molecule has 0 atom stereocenters. The number of thiophene rings is 1. The first-order valence-electron chi connectivity index (χ1n) is 7.47. The van der Waals surface area contributed by atoms with Gasteiger partial charge in [-0.1, -0.05) is 22.9 Å². The van der Waals surface area contributed by atoms with E-state index < -0.39 is 11.6 Å². The van der Waals surface area contributed by atoms with E-state index in [2.05, 4.69) is 4.98 Å². The first-order valence-corrected chi connectivity index (χ1v) is 9.48. The molecule has 0 saturated heterocycles. The molecule has 2 aromatic heterocycles. The number of nitrogens with one attached hydrogen (secondary N) is 1. The third-order valence-corrected chi connectivity index (χ3v) is 5.74. The number of nitrogens with zero attached hydrogens (tertiary/aromatic N) is 2. The van der Waals surface area contributed by atoms with Gasteiger partial charge < -0.3 is 4.90 Å². The van der Waals surface area contributed by atoms with Gasteiger partial charge >= 0.3 is 0 Å². The molecule has 9 heteroatoms. The van der Waals surface area contributed by atoms with E-state index in [0.717, 1.165) is 22.3 Å². The van der Waals surface area contributed by atoms with Crippen molar-refractivity contribution in [3.8, 4) is 0 Å². The number of thiazole rings is 1. The molecule has 132 valence electrons. The molecule has 0 bridgehead atoms. The summed E-state index contributed by atoms with van der Waals surface area (Å²) in [5.74, 6) is -1.65. The molecule has 1 amide bonds. The number of amides is 1. The molecule has 0 aliphatic rings. The summed E-state index contributed by atoms with van der Waals surface area (Å²) >= 11 is 8.19. The molecule has 1 aromatic carbocycles. The average Bonchev–Trinajstić information content (AvgIpc) is 3.13. The molecule has 3 rings (SSSR count). The van der Waals surface area contributed by atoms with Crippen LogP contribution in [0, 0.1) is 11.6 Å². The maximum atomic E-state index is 13.9. The highest BCUT2D eigenvalue weighted by Gasteiger charge is 2.24. The summed E-state index contributed by atoms with van der Waals surface area (Å²) in [4.78, 5) is 20.2. The van der Waals surface area contributed by atoms with Gasteiger partial charge in [-0.3, -0.25) is 9.69 Å². The second-order valence-electron chi connectivity index (χ2n) is 5.75. The second-order valence-corrected chi connectivity index (χ2v) is 8.47. The average molecular weight is 403 g/mol. The van der Waals surface area contributed by atoms with Crippen LogP contribution in [0.5, 0.6) is 0 Å². The molecule has 0 radical (unpaired) electrons. The minimum Gasteiger partial charge on any atom is -0.338 e. The first kappa shape index (κ1) is 18.2. The predicted molar refractivity (Wildman–Crippen MR) is 98.2 cm³/mol. The number of aromatic nitrogens is 1. The van der Waals surface area contributed by atoms with Crippen molar-refractivity contribution in [2.45, 2.75) is 0 Å². The van der Waals surface area contributed by atoms with Gasteiger partial charge in [-0.2, -0.15) is 0 Å². The summed E-state index contributed by atoms with van der Waals surface area (Å²) in [6.07, 6.45) is 0. The van der Waals surface area contributed by atoms with Crippen LogP contribution in [-0.2, 0) is 0 Å². The zero-order chi connectivity index (χ0) is 18.1. The smallest absolute Gasteiger partial charge is 0.270 e. The number of hydrogen-bond donors (Lipinski definition) is 1. The van der Waals surface area contributed by atoms with E-state index >= 15 is 0 Å². The summed E-state index contributed by atoms with van der Waals surface area (Å²) in [5.41, 5.74) is 0.0700. The summed E-state index contributed by atoms with van der Waals surface area (Å²) in [6, 6.07) is 5.32. The number of benzene rings is 1. The number of anilines is 1. The van der Waals surface area contributed by atoms with Crippen LogP contribution in [0.2, 0.25) is 4.34 Å². The van der Waals surface area contributed by atoms with Gasteiger partial charge in [-0.15, -0.1) is 11.3 Å². The van der Waals surface area contributed by atoms with Crippen molar-refractivity contribution in [2.75, 3.05) is 32.1 Å². The zero-order valence-electron chi connectivity index (χ0n) is 13.5. The standard InChI is InChI=1S/C16H14ClF2N3OS2/c1-21(2)5-6-22(15(23)11-3-4-13(17)24-11)16-20-14-10(19)7-9(18)8-12(14)25-16/h3-4,7-8H,5-6H2,1-2H3/p+1. The molecular formula is C16H15ClF2N3OS2+. The molecule has 0 fully saturated rings. The van der Waals surface area contributed by atoms with E-state index in [4.69, 9.17) is 11.6 Å². The Morgan fingerprint density at radius 3 is 2.68 bits per heavy atom. The number of rotatable bonds is 5. The maximum absolute atomic E-state index is 13.9. The highest BCUT2D eigenvalue weighted by atomic mass is 35.5. The molecule has 0 aliphatic carbocycles. The molecule has 3 aromatic rings. The third-order valence-electron chi connectivity index (χ3n) is 3.50. The Balaban J connectivity index is 2.01. The van der Waals surface area contributed by atoms with Gasteiger partial charge in [0, 0.05) is 6.07 Å². The zero-order valence-corrected chi connectivity index (χ0v) is 15.9. The molecule has 25 heavy (non-hydrogen) atoms. The van der Waals surface area contributed by atoms with Crippen molar-refractivity contribution < 1.29 is 18.5 Å². The van der Waals surface area contributed by atoms with Crippen LogP contribution in [0.25, 0.3) is 10.2 Å². The molecule has 4 nitrogen and oxygen atoms in total. The lowest BCUT2D eigenvalue weighted by molar-refractivity contribution is -0.856. The predicted octanol–water partition coefficient (Wildman–Crippen LogP) is 3.08. The van der Waals surface area contributed by atoms with Gasteiger partial charge in [-0.05, 0) is 18.2 Å². The maximum Gasteiger partial charge on any atom is 0.270 e. The van der Waals surface area contributed by atoms with Crippen molar-refractivity contribution in [1.82, 2.24) is 4.98 Å². The Hall–Kier alpha value is -1.61. The Bertz CT molecular complexity index is 925. The molecule has 0 spiro atoms. The van der Waals surface area contributed by atoms with E-state index in [9.17, 15) is 13.6 Å². The number of carbonyl (C=O) groups is 1. The van der Waals surface area contributed by atoms with Gasteiger partial charge in [-0.25, -0.2) is 13.8 Å². The van der Waals surface area contributed by atoms with Gasteiger partial charge in [0.15, 0.2) is 10.9 Å². The normalized spacial score (nSPS) is 11.4. The lowest BCUT2D eigenvalue weighted by Crippen LogP contribution is -3.06. The summed E-state index contributed by atoms with van der Waals surface area (Å²) in [7, 11) is 3.94. The fourth-order valence-corrected chi connectivity index (χ4v) is 4.26. The van der Waals surface area contributed by atoms with E-state index in [0.29, 0.717) is 32.1 Å². The van der Waals surface area contributed by atoms with Gasteiger partial charge in [0.1, 0.15) is 11.3 Å². The number of carbonyl (C=O) groups excluding carboxylic acids is 1. The molecule has 0 aliphatic heterocycles. The lowest BCUT2D eigenvalue weighted by Gasteiger charge is -2.19. The van der Waals surface area contributed by atoms with Gasteiger partial charge in [0.25, 0.3) is 5.91 Å². The summed E-state index contributed by atoms with van der Waals surface area (Å²) in [6.45, 7) is 1.08. The number of halogens is 3. The fraction of sp³-hybridized carbons (Fsp3) is 0.250. The molecule has 0 saturated carbocycles. The second kappa shape index (κ2) is 7.33. The van der Waals surface area contributed by atoms with Crippen LogP contribution in [0.3, 0.4) is 0 Å². The number of hydrogen-bond acceptors (Lipinski definition) is 4. The summed E-state index contributed by atoms with van der Waals surface area (Å²) in [5, 5.41) is 0.343. The Kier molecular flexibility index (Phi) is 5.33. The number of quaternary nitrogens is 1. The van der Waals surface area contributed by atoms with Crippen molar-refractivity contribution in [3.05, 3.63) is 45.1 Å². The van der Waals surface area contributed by atoms with E-state index in [1.165, 1.54) is 22.3 Å². The molecule has 0 unspecified atom stereocenters. The monoisotopic (exact) mass is 402 g/mol. The van der Waals surface area contributed by atoms with Crippen LogP contribution < -0.4 is 9.80 Å². The van der Waals surface area contributed by atoms with Crippen LogP contribution >= 0.6 is 34.3 Å². The van der Waals surface area contributed by atoms with E-state index in [-0.39, 0.29) is 11.4 Å². The highest BCUT2D eigenvalue weighted by molar-refractivity contribution is 7.22. The van der Waals surface area contributed by atoms with Crippen molar-refractivity contribution in [1.29, 1.82) is 0 Å². The summed E-state index contributed by atoms with van der Waals surface area (Å²) < 4.78 is 28.3. The SMILES string of the molecule is C[NH+](C)CCN(C(=O)c1ccc(Cl)s1)c1nc2c(F)cc(F)cc2s1. The van der Waals surface area contributed by atoms with Crippen LogP contribution in [-0.4, -0.2) is 38.1 Å². The minimum atomic E-state index is -0.734. The van der Waals surface area contributed by atoms with Crippen LogP contribution in [0.1, 0.15) is 9.67 Å². The van der Waals surface area contributed by atoms with Gasteiger partial charge in [0.05, 0.1) is 41.1 Å². The number of fused-ring (bicyclic) bond motifs is 1. The van der Waals surface area contributed by atoms with E-state index in [1.807, 2.05) is 14.1 Å².